The van der Waals surface area contributed by atoms with Crippen molar-refractivity contribution in [3.63, 3.8) is 0 Å². The molecule has 1 atom stereocenters. The van der Waals surface area contributed by atoms with Gasteiger partial charge in [-0.2, -0.15) is 0 Å². The quantitative estimate of drug-likeness (QED) is 0.599. The number of carbonyl (C=O) groups excluding carboxylic acids is 1. The number of methoxy groups -OCH3 is 2. The molecule has 0 bridgehead atoms. The summed E-state index contributed by atoms with van der Waals surface area (Å²) >= 11 is 0. The van der Waals surface area contributed by atoms with Gasteiger partial charge in [-0.15, -0.1) is 5.10 Å². The predicted molar refractivity (Wildman–Crippen MR) is 110 cm³/mol. The van der Waals surface area contributed by atoms with E-state index in [9.17, 15) is 4.79 Å². The van der Waals surface area contributed by atoms with Gasteiger partial charge in [-0.25, -0.2) is 4.68 Å². The Labute approximate surface area is 175 Å². The maximum atomic E-state index is 12.8. The van der Waals surface area contributed by atoms with E-state index in [1.54, 1.807) is 18.9 Å². The normalized spacial score (nSPS) is 18.6. The Morgan fingerprint density at radius 3 is 2.50 bits per heavy atom. The molecule has 1 aliphatic heterocycles. The van der Waals surface area contributed by atoms with Gasteiger partial charge >= 0.3 is 0 Å². The van der Waals surface area contributed by atoms with Crippen LogP contribution in [0.3, 0.4) is 0 Å². The topological polar surface area (TPSA) is 82.4 Å². The van der Waals surface area contributed by atoms with Gasteiger partial charge in [0.2, 0.25) is 5.91 Å². The van der Waals surface area contributed by atoms with E-state index in [0.717, 1.165) is 11.1 Å². The van der Waals surface area contributed by atoms with Crippen molar-refractivity contribution in [3.05, 3.63) is 65.5 Å². The first kappa shape index (κ1) is 19.9. The number of nitrogens with zero attached hydrogens (tertiary/aromatic N) is 5. The van der Waals surface area contributed by atoms with E-state index in [-0.39, 0.29) is 5.91 Å². The number of rotatable bonds is 7. The summed E-state index contributed by atoms with van der Waals surface area (Å²) in [4.78, 5) is 14.7. The molecule has 4 rings (SSSR count). The molecule has 2 heterocycles. The van der Waals surface area contributed by atoms with E-state index in [1.165, 1.54) is 0 Å². The number of aromatic nitrogens is 4. The van der Waals surface area contributed by atoms with E-state index < -0.39 is 5.54 Å². The fourth-order valence-electron chi connectivity index (χ4n) is 4.01. The van der Waals surface area contributed by atoms with E-state index in [0.29, 0.717) is 43.3 Å². The SMILES string of the molecule is COc1ccc(CN2C(=O)CCC2(C)c2nnnn2Cc2ccccc2)cc1OC. The monoisotopic (exact) mass is 407 g/mol. The van der Waals surface area contributed by atoms with Crippen molar-refractivity contribution in [1.82, 2.24) is 25.1 Å². The lowest BCUT2D eigenvalue weighted by molar-refractivity contribution is -0.132. The maximum Gasteiger partial charge on any atom is 0.223 e. The van der Waals surface area contributed by atoms with Crippen LogP contribution in [0.25, 0.3) is 0 Å². The average molecular weight is 407 g/mol. The summed E-state index contributed by atoms with van der Waals surface area (Å²) in [5.41, 5.74) is 1.46. The number of hydrogen-bond acceptors (Lipinski definition) is 6. The molecule has 1 aliphatic rings. The molecule has 0 radical (unpaired) electrons. The fourth-order valence-corrected chi connectivity index (χ4v) is 4.01. The molecule has 1 aromatic heterocycles. The van der Waals surface area contributed by atoms with Crippen LogP contribution in [0.4, 0.5) is 0 Å². The van der Waals surface area contributed by atoms with Gasteiger partial charge < -0.3 is 14.4 Å². The van der Waals surface area contributed by atoms with E-state index in [1.807, 2.05) is 60.4 Å². The summed E-state index contributed by atoms with van der Waals surface area (Å²) in [6.07, 6.45) is 1.12. The molecule has 1 saturated heterocycles. The number of amides is 1. The van der Waals surface area contributed by atoms with Crippen LogP contribution in [0.1, 0.15) is 36.7 Å². The van der Waals surface area contributed by atoms with Crippen molar-refractivity contribution < 1.29 is 14.3 Å². The number of tetrazole rings is 1. The first-order valence-corrected chi connectivity index (χ1v) is 9.87. The first-order chi connectivity index (χ1) is 14.5. The third kappa shape index (κ3) is 3.60. The van der Waals surface area contributed by atoms with Gasteiger partial charge in [-0.1, -0.05) is 36.4 Å². The molecule has 1 unspecified atom stereocenters. The molecule has 0 N–H and O–H groups in total. The number of carbonyl (C=O) groups is 1. The predicted octanol–water partition coefficient (Wildman–Crippen LogP) is 2.78. The summed E-state index contributed by atoms with van der Waals surface area (Å²) in [6.45, 7) is 3.02. The second kappa shape index (κ2) is 8.14. The minimum absolute atomic E-state index is 0.0848. The van der Waals surface area contributed by atoms with Crippen LogP contribution in [-0.4, -0.2) is 45.2 Å². The number of likely N-dealkylation sites (tertiary alicyclic amines) is 1. The Bertz CT molecular complexity index is 1040. The highest BCUT2D eigenvalue weighted by molar-refractivity contribution is 5.79. The van der Waals surface area contributed by atoms with Crippen molar-refractivity contribution in [1.29, 1.82) is 0 Å². The van der Waals surface area contributed by atoms with Gasteiger partial charge in [0.1, 0.15) is 5.54 Å². The zero-order chi connectivity index (χ0) is 21.1. The smallest absolute Gasteiger partial charge is 0.223 e. The van der Waals surface area contributed by atoms with Crippen molar-refractivity contribution in [3.8, 4) is 11.5 Å². The zero-order valence-corrected chi connectivity index (χ0v) is 17.4. The van der Waals surface area contributed by atoms with Gasteiger partial charge in [-0.3, -0.25) is 4.79 Å². The number of hydrogen-bond donors (Lipinski definition) is 0. The number of benzene rings is 2. The third-order valence-electron chi connectivity index (χ3n) is 5.70. The highest BCUT2D eigenvalue weighted by Crippen LogP contribution is 2.40. The van der Waals surface area contributed by atoms with E-state index >= 15 is 0 Å². The van der Waals surface area contributed by atoms with Gasteiger partial charge in [0.15, 0.2) is 17.3 Å². The summed E-state index contributed by atoms with van der Waals surface area (Å²) in [7, 11) is 3.20. The van der Waals surface area contributed by atoms with Gasteiger partial charge in [0, 0.05) is 13.0 Å². The molecule has 30 heavy (non-hydrogen) atoms. The minimum atomic E-state index is -0.595. The van der Waals surface area contributed by atoms with Crippen LogP contribution in [0, 0.1) is 0 Å². The highest BCUT2D eigenvalue weighted by atomic mass is 16.5. The lowest BCUT2D eigenvalue weighted by atomic mass is 9.97. The second-order valence-corrected chi connectivity index (χ2v) is 7.59. The Hall–Kier alpha value is -3.42. The van der Waals surface area contributed by atoms with Crippen molar-refractivity contribution in [2.45, 2.75) is 38.4 Å². The van der Waals surface area contributed by atoms with Crippen LogP contribution >= 0.6 is 0 Å². The van der Waals surface area contributed by atoms with Crippen LogP contribution in [0.15, 0.2) is 48.5 Å². The zero-order valence-electron chi connectivity index (χ0n) is 17.4. The lowest BCUT2D eigenvalue weighted by Gasteiger charge is -2.34. The first-order valence-electron chi connectivity index (χ1n) is 9.87. The maximum absolute atomic E-state index is 12.8. The summed E-state index contributed by atoms with van der Waals surface area (Å²) in [5, 5.41) is 12.4. The number of ether oxygens (including phenoxy) is 2. The molecular weight excluding hydrogens is 382 g/mol. The summed E-state index contributed by atoms with van der Waals surface area (Å²) in [5.74, 6) is 2.07. The Balaban J connectivity index is 1.64. The molecule has 0 spiro atoms. The van der Waals surface area contributed by atoms with Crippen molar-refractivity contribution in [2.24, 2.45) is 0 Å². The van der Waals surface area contributed by atoms with Gasteiger partial charge in [-0.05, 0) is 47.0 Å². The van der Waals surface area contributed by atoms with Crippen LogP contribution in [0.5, 0.6) is 11.5 Å². The molecule has 2 aromatic carbocycles. The second-order valence-electron chi connectivity index (χ2n) is 7.59. The molecule has 8 heteroatoms. The Kier molecular flexibility index (Phi) is 5.39. The molecule has 3 aromatic rings. The highest BCUT2D eigenvalue weighted by Gasteiger charge is 2.46. The lowest BCUT2D eigenvalue weighted by Crippen LogP contribution is -2.42. The molecule has 156 valence electrons. The van der Waals surface area contributed by atoms with E-state index in [2.05, 4.69) is 15.5 Å². The Morgan fingerprint density at radius 2 is 1.77 bits per heavy atom. The van der Waals surface area contributed by atoms with Crippen LogP contribution in [-0.2, 0) is 23.4 Å². The molecule has 0 aliphatic carbocycles. The molecule has 0 saturated carbocycles. The van der Waals surface area contributed by atoms with Gasteiger partial charge in [0.25, 0.3) is 0 Å². The molecule has 1 amide bonds. The molecule has 8 nitrogen and oxygen atoms in total. The van der Waals surface area contributed by atoms with Crippen LogP contribution < -0.4 is 9.47 Å². The fraction of sp³-hybridized carbons (Fsp3) is 0.364. The average Bonchev–Trinajstić information content (AvgIpc) is 3.35. The summed E-state index contributed by atoms with van der Waals surface area (Å²) in [6, 6.07) is 15.7. The Morgan fingerprint density at radius 1 is 1.00 bits per heavy atom. The van der Waals surface area contributed by atoms with Crippen LogP contribution in [0.2, 0.25) is 0 Å². The third-order valence-corrected chi connectivity index (χ3v) is 5.70. The van der Waals surface area contributed by atoms with Crippen molar-refractivity contribution >= 4 is 5.91 Å². The largest absolute Gasteiger partial charge is 0.493 e. The standard InChI is InChI=1S/C22H25N5O3/c1-22(21-23-24-25-27(21)15-16-7-5-4-6-8-16)12-11-20(28)26(22)14-17-9-10-18(29-2)19(13-17)30-3/h4-10,13H,11-12,14-15H2,1-3H3. The molecule has 1 fully saturated rings. The minimum Gasteiger partial charge on any atom is -0.493 e. The van der Waals surface area contributed by atoms with Gasteiger partial charge in [0.05, 0.1) is 20.8 Å². The summed E-state index contributed by atoms with van der Waals surface area (Å²) < 4.78 is 12.5. The molecular formula is C22H25N5O3. The van der Waals surface area contributed by atoms with Crippen molar-refractivity contribution in [2.75, 3.05) is 14.2 Å². The van der Waals surface area contributed by atoms with E-state index in [4.69, 9.17) is 9.47 Å².